The van der Waals surface area contributed by atoms with Crippen LogP contribution in [0.2, 0.25) is 0 Å². The Bertz CT molecular complexity index is 563. The molecule has 0 unspecified atom stereocenters. The first-order chi connectivity index (χ1) is 7.63. The Kier molecular flexibility index (Phi) is 2.25. The molecule has 16 heavy (non-hydrogen) atoms. The monoisotopic (exact) mass is 214 g/mol. The van der Waals surface area contributed by atoms with Gasteiger partial charge in [0, 0.05) is 12.6 Å². The highest BCUT2D eigenvalue weighted by atomic mass is 16.3. The summed E-state index contributed by atoms with van der Waals surface area (Å²) in [7, 11) is 1.70. The maximum absolute atomic E-state index is 9.72. The van der Waals surface area contributed by atoms with Crippen molar-refractivity contribution in [3.63, 3.8) is 0 Å². The maximum atomic E-state index is 9.72. The van der Waals surface area contributed by atoms with Crippen LogP contribution >= 0.6 is 0 Å². The molecule has 5 heteroatoms. The molecule has 80 valence electrons. The van der Waals surface area contributed by atoms with Gasteiger partial charge in [-0.25, -0.2) is 0 Å². The normalized spacial score (nSPS) is 10.0. The molecule has 0 bridgehead atoms. The molecule has 0 aliphatic rings. The fraction of sp³-hybridized carbons (Fsp3) is 0.0909. The molecule has 5 nitrogen and oxygen atoms in total. The van der Waals surface area contributed by atoms with Gasteiger partial charge >= 0.3 is 0 Å². The Morgan fingerprint density at radius 1 is 1.38 bits per heavy atom. The second-order valence-corrected chi connectivity index (χ2v) is 3.40. The van der Waals surface area contributed by atoms with E-state index in [2.05, 4.69) is 5.10 Å². The van der Waals surface area contributed by atoms with Crippen LogP contribution in [0.1, 0.15) is 5.56 Å². The molecule has 0 saturated carbocycles. The molecule has 0 saturated heterocycles. The predicted octanol–water partition coefficient (Wildman–Crippen LogP) is 1.25. The van der Waals surface area contributed by atoms with E-state index in [1.54, 1.807) is 31.3 Å². The highest BCUT2D eigenvalue weighted by Gasteiger charge is 2.14. The minimum Gasteiger partial charge on any atom is -0.503 e. The van der Waals surface area contributed by atoms with Gasteiger partial charge < -0.3 is 10.8 Å². The highest BCUT2D eigenvalue weighted by Crippen LogP contribution is 2.32. The molecule has 1 aromatic carbocycles. The van der Waals surface area contributed by atoms with E-state index in [4.69, 9.17) is 11.0 Å². The van der Waals surface area contributed by atoms with Gasteiger partial charge in [-0.3, -0.25) is 4.68 Å². The van der Waals surface area contributed by atoms with Crippen molar-refractivity contribution in [2.24, 2.45) is 7.05 Å². The number of hydrogen-bond donors (Lipinski definition) is 2. The van der Waals surface area contributed by atoms with Crippen LogP contribution in [0.5, 0.6) is 5.75 Å². The number of aromatic nitrogens is 2. The summed E-state index contributed by atoms with van der Waals surface area (Å²) in [4.78, 5) is 0. The van der Waals surface area contributed by atoms with E-state index in [1.165, 1.54) is 4.68 Å². The van der Waals surface area contributed by atoms with Crippen LogP contribution in [0.4, 0.5) is 5.82 Å². The Balaban J connectivity index is 2.55. The predicted molar refractivity (Wildman–Crippen MR) is 59.4 cm³/mol. The molecule has 0 fully saturated rings. The molecule has 0 aliphatic carbocycles. The van der Waals surface area contributed by atoms with E-state index in [9.17, 15) is 5.11 Å². The summed E-state index contributed by atoms with van der Waals surface area (Å²) < 4.78 is 1.51. The first kappa shape index (κ1) is 10.1. The van der Waals surface area contributed by atoms with Crippen molar-refractivity contribution in [2.45, 2.75) is 0 Å². The van der Waals surface area contributed by atoms with E-state index in [0.29, 0.717) is 11.3 Å². The van der Waals surface area contributed by atoms with Crippen LogP contribution in [-0.4, -0.2) is 14.9 Å². The Morgan fingerprint density at radius 2 is 2.00 bits per heavy atom. The van der Waals surface area contributed by atoms with Gasteiger partial charge in [0.25, 0.3) is 0 Å². The quantitative estimate of drug-likeness (QED) is 0.747. The molecular weight excluding hydrogens is 204 g/mol. The molecule has 1 heterocycles. The molecule has 1 aromatic heterocycles. The van der Waals surface area contributed by atoms with Gasteiger partial charge in [-0.15, -0.1) is 0 Å². The zero-order chi connectivity index (χ0) is 11.7. The Labute approximate surface area is 92.4 Å². The van der Waals surface area contributed by atoms with Crippen LogP contribution in [0, 0.1) is 11.3 Å². The molecular formula is C11H10N4O. The van der Waals surface area contributed by atoms with Crippen molar-refractivity contribution < 1.29 is 5.11 Å². The number of anilines is 1. The third-order valence-electron chi connectivity index (χ3n) is 2.34. The van der Waals surface area contributed by atoms with Gasteiger partial charge in [0.15, 0.2) is 11.6 Å². The number of nitrogens with two attached hydrogens (primary N) is 1. The molecule has 0 radical (unpaired) electrons. The molecule has 2 rings (SSSR count). The number of hydrogen-bond acceptors (Lipinski definition) is 4. The number of nitriles is 1. The van der Waals surface area contributed by atoms with E-state index < -0.39 is 0 Å². The lowest BCUT2D eigenvalue weighted by atomic mass is 10.1. The Morgan fingerprint density at radius 3 is 2.44 bits per heavy atom. The maximum Gasteiger partial charge on any atom is 0.188 e. The van der Waals surface area contributed by atoms with E-state index in [0.717, 1.165) is 5.56 Å². The van der Waals surface area contributed by atoms with Gasteiger partial charge in [0.1, 0.15) is 5.69 Å². The van der Waals surface area contributed by atoms with Crippen molar-refractivity contribution in [3.8, 4) is 23.1 Å². The second-order valence-electron chi connectivity index (χ2n) is 3.40. The fourth-order valence-corrected chi connectivity index (χ4v) is 1.56. The molecule has 2 aromatic rings. The van der Waals surface area contributed by atoms with Gasteiger partial charge in [-0.2, -0.15) is 10.4 Å². The number of aryl methyl sites for hydroxylation is 1. The molecule has 0 atom stereocenters. The van der Waals surface area contributed by atoms with Crippen molar-refractivity contribution in [1.82, 2.24) is 9.78 Å². The number of aromatic hydroxyl groups is 1. The first-order valence-electron chi connectivity index (χ1n) is 4.65. The van der Waals surface area contributed by atoms with Crippen LogP contribution in [0.3, 0.4) is 0 Å². The largest absolute Gasteiger partial charge is 0.503 e. The Hall–Kier alpha value is -2.48. The average molecular weight is 214 g/mol. The molecule has 0 aliphatic heterocycles. The van der Waals surface area contributed by atoms with E-state index in [-0.39, 0.29) is 11.6 Å². The third kappa shape index (κ3) is 1.46. The third-order valence-corrected chi connectivity index (χ3v) is 2.34. The molecule has 3 N–H and O–H groups in total. The number of nitrogens with zero attached hydrogens (tertiary/aromatic N) is 3. The van der Waals surface area contributed by atoms with Crippen molar-refractivity contribution >= 4 is 5.82 Å². The van der Waals surface area contributed by atoms with Crippen LogP contribution < -0.4 is 5.73 Å². The van der Waals surface area contributed by atoms with Crippen molar-refractivity contribution in [3.05, 3.63) is 29.8 Å². The van der Waals surface area contributed by atoms with Crippen molar-refractivity contribution in [2.75, 3.05) is 5.73 Å². The minimum absolute atomic E-state index is 0.0350. The second kappa shape index (κ2) is 3.59. The van der Waals surface area contributed by atoms with Crippen LogP contribution in [0.25, 0.3) is 11.3 Å². The van der Waals surface area contributed by atoms with Gasteiger partial charge in [0.2, 0.25) is 0 Å². The summed E-state index contributed by atoms with van der Waals surface area (Å²) in [5.74, 6) is 0.0640. The smallest absolute Gasteiger partial charge is 0.188 e. The van der Waals surface area contributed by atoms with Crippen LogP contribution in [-0.2, 0) is 7.05 Å². The average Bonchev–Trinajstić information content (AvgIpc) is 2.54. The SMILES string of the molecule is Cn1nc(N)c(O)c1-c1ccc(C#N)cc1. The fourth-order valence-electron chi connectivity index (χ4n) is 1.56. The van der Waals surface area contributed by atoms with Gasteiger partial charge in [-0.1, -0.05) is 12.1 Å². The topological polar surface area (TPSA) is 87.9 Å². The zero-order valence-corrected chi connectivity index (χ0v) is 8.68. The lowest BCUT2D eigenvalue weighted by Gasteiger charge is -2.02. The summed E-state index contributed by atoms with van der Waals surface area (Å²) >= 11 is 0. The number of rotatable bonds is 1. The zero-order valence-electron chi connectivity index (χ0n) is 8.68. The number of nitrogen functional groups attached to an aromatic ring is 1. The summed E-state index contributed by atoms with van der Waals surface area (Å²) in [6, 6.07) is 8.88. The summed E-state index contributed by atoms with van der Waals surface area (Å²) in [5, 5.41) is 22.3. The molecule has 0 amide bonds. The highest BCUT2D eigenvalue weighted by molar-refractivity contribution is 5.72. The first-order valence-corrected chi connectivity index (χ1v) is 4.65. The lowest BCUT2D eigenvalue weighted by Crippen LogP contribution is -1.94. The van der Waals surface area contributed by atoms with Gasteiger partial charge in [-0.05, 0) is 12.1 Å². The van der Waals surface area contributed by atoms with Crippen LogP contribution in [0.15, 0.2) is 24.3 Å². The minimum atomic E-state index is -0.0350. The number of benzene rings is 1. The summed E-state index contributed by atoms with van der Waals surface area (Å²) in [6.07, 6.45) is 0. The lowest BCUT2D eigenvalue weighted by molar-refractivity contribution is 0.479. The summed E-state index contributed by atoms with van der Waals surface area (Å²) in [5.41, 5.74) is 7.38. The summed E-state index contributed by atoms with van der Waals surface area (Å²) in [6.45, 7) is 0. The van der Waals surface area contributed by atoms with Gasteiger partial charge in [0.05, 0.1) is 11.6 Å². The van der Waals surface area contributed by atoms with E-state index >= 15 is 0 Å². The van der Waals surface area contributed by atoms with E-state index in [1.807, 2.05) is 6.07 Å². The van der Waals surface area contributed by atoms with Crippen molar-refractivity contribution in [1.29, 1.82) is 5.26 Å². The molecule has 0 spiro atoms. The standard InChI is InChI=1S/C11H10N4O/c1-15-9(10(16)11(13)14-15)8-4-2-7(6-12)3-5-8/h2-5,16H,1H3,(H2,13,14).